The molecule has 0 aliphatic rings. The molecule has 2 rings (SSSR count). The van der Waals surface area contributed by atoms with E-state index in [0.29, 0.717) is 11.9 Å². The number of rotatable bonds is 1. The van der Waals surface area contributed by atoms with Gasteiger partial charge in [0.05, 0.1) is 22.3 Å². The summed E-state index contributed by atoms with van der Waals surface area (Å²) in [5, 5.41) is 0.179. The van der Waals surface area contributed by atoms with E-state index in [4.69, 9.17) is 11.6 Å². The molecule has 0 atom stereocenters. The van der Waals surface area contributed by atoms with Crippen LogP contribution in [0.15, 0.2) is 12.3 Å². The number of fused-ring (bicyclic) bond motifs is 1. The van der Waals surface area contributed by atoms with Crippen molar-refractivity contribution in [1.29, 1.82) is 0 Å². The van der Waals surface area contributed by atoms with Crippen LogP contribution in [0.1, 0.15) is 10.5 Å². The zero-order valence-electron chi connectivity index (χ0n) is 6.34. The molecule has 0 unspecified atom stereocenters. The van der Waals surface area contributed by atoms with Gasteiger partial charge in [-0.25, -0.2) is 9.37 Å². The van der Waals surface area contributed by atoms with Crippen molar-refractivity contribution in [2.75, 3.05) is 0 Å². The van der Waals surface area contributed by atoms with Crippen molar-refractivity contribution in [2.24, 2.45) is 0 Å². The van der Waals surface area contributed by atoms with Crippen molar-refractivity contribution in [1.82, 2.24) is 9.97 Å². The third kappa shape index (κ3) is 1.19. The Morgan fingerprint density at radius 3 is 3.08 bits per heavy atom. The number of aromatic nitrogens is 2. The lowest BCUT2D eigenvalue weighted by atomic mass is 10.3. The molecule has 3 nitrogen and oxygen atoms in total. The minimum absolute atomic E-state index is 0.0519. The molecular formula is C8H4ClFN2O. The molecule has 0 bridgehead atoms. The molecule has 0 fully saturated rings. The number of aromatic amines is 1. The molecule has 0 aromatic carbocycles. The summed E-state index contributed by atoms with van der Waals surface area (Å²) in [4.78, 5) is 16.8. The molecule has 0 saturated carbocycles. The van der Waals surface area contributed by atoms with Crippen LogP contribution in [-0.2, 0) is 0 Å². The first-order valence-electron chi connectivity index (χ1n) is 3.50. The number of nitrogens with zero attached hydrogens (tertiary/aromatic N) is 1. The van der Waals surface area contributed by atoms with Gasteiger partial charge in [0, 0.05) is 0 Å². The third-order valence-corrected chi connectivity index (χ3v) is 1.96. The second kappa shape index (κ2) is 2.81. The number of halogens is 2. The van der Waals surface area contributed by atoms with E-state index in [1.807, 2.05) is 0 Å². The molecule has 5 heteroatoms. The number of H-pyrrole nitrogens is 1. The van der Waals surface area contributed by atoms with Crippen molar-refractivity contribution >= 4 is 28.9 Å². The summed E-state index contributed by atoms with van der Waals surface area (Å²) in [5.74, 6) is -0.559. The molecule has 0 amide bonds. The Labute approximate surface area is 77.5 Å². The van der Waals surface area contributed by atoms with Gasteiger partial charge in [0.15, 0.2) is 12.1 Å². The Morgan fingerprint density at radius 1 is 1.62 bits per heavy atom. The topological polar surface area (TPSA) is 45.8 Å². The van der Waals surface area contributed by atoms with Crippen LogP contribution in [0.4, 0.5) is 4.39 Å². The zero-order valence-corrected chi connectivity index (χ0v) is 7.10. The minimum atomic E-state index is -0.559. The molecule has 66 valence electrons. The van der Waals surface area contributed by atoms with Crippen molar-refractivity contribution < 1.29 is 9.18 Å². The maximum Gasteiger partial charge on any atom is 0.166 e. The lowest BCUT2D eigenvalue weighted by molar-refractivity contribution is 0.112. The van der Waals surface area contributed by atoms with Crippen molar-refractivity contribution in [3.05, 3.63) is 28.8 Å². The van der Waals surface area contributed by atoms with Gasteiger partial charge in [0.25, 0.3) is 0 Å². The summed E-state index contributed by atoms with van der Waals surface area (Å²) >= 11 is 5.50. The van der Waals surface area contributed by atoms with E-state index in [1.54, 1.807) is 0 Å². The Bertz CT molecular complexity index is 480. The fourth-order valence-corrected chi connectivity index (χ4v) is 1.25. The van der Waals surface area contributed by atoms with Gasteiger partial charge >= 0.3 is 0 Å². The minimum Gasteiger partial charge on any atom is -0.337 e. The highest BCUT2D eigenvalue weighted by molar-refractivity contribution is 6.31. The summed E-state index contributed by atoms with van der Waals surface area (Å²) < 4.78 is 13.2. The predicted octanol–water partition coefficient (Wildman–Crippen LogP) is 2.17. The van der Waals surface area contributed by atoms with Gasteiger partial charge < -0.3 is 4.98 Å². The normalized spacial score (nSPS) is 10.6. The molecular weight excluding hydrogens is 195 g/mol. The van der Waals surface area contributed by atoms with Crippen LogP contribution in [0.2, 0.25) is 5.02 Å². The van der Waals surface area contributed by atoms with Crippen LogP contribution in [0, 0.1) is 5.82 Å². The van der Waals surface area contributed by atoms with Crippen LogP contribution in [0.25, 0.3) is 11.0 Å². The van der Waals surface area contributed by atoms with Crippen LogP contribution < -0.4 is 0 Å². The van der Waals surface area contributed by atoms with Gasteiger partial charge in [-0.15, -0.1) is 0 Å². The number of nitrogens with one attached hydrogen (secondary N) is 1. The second-order valence-electron chi connectivity index (χ2n) is 2.52. The first-order valence-corrected chi connectivity index (χ1v) is 3.88. The number of carbonyl (C=O) groups is 1. The van der Waals surface area contributed by atoms with E-state index in [1.165, 1.54) is 12.3 Å². The van der Waals surface area contributed by atoms with E-state index in [0.717, 1.165) is 0 Å². The van der Waals surface area contributed by atoms with Crippen LogP contribution in [0.3, 0.4) is 0 Å². The van der Waals surface area contributed by atoms with Gasteiger partial charge in [0.1, 0.15) is 5.65 Å². The Hall–Kier alpha value is -1.42. The smallest absolute Gasteiger partial charge is 0.166 e. The number of carbonyl (C=O) groups excluding carboxylic acids is 1. The van der Waals surface area contributed by atoms with Gasteiger partial charge in [-0.3, -0.25) is 4.79 Å². The lowest BCUT2D eigenvalue weighted by Gasteiger charge is -1.92. The molecule has 0 spiro atoms. The number of hydrogen-bond donors (Lipinski definition) is 1. The standard InChI is InChI=1S/C8H4ClFN2O/c9-6-2-11-8-5(7(6)10)1-4(3-13)12-8/h1-3H,(H,11,12). The molecule has 0 aliphatic carbocycles. The van der Waals surface area contributed by atoms with Gasteiger partial charge in [-0.1, -0.05) is 11.6 Å². The largest absolute Gasteiger partial charge is 0.337 e. The summed E-state index contributed by atoms with van der Waals surface area (Å²) in [7, 11) is 0. The van der Waals surface area contributed by atoms with Gasteiger partial charge in [-0.05, 0) is 6.07 Å². The molecule has 0 saturated heterocycles. The van der Waals surface area contributed by atoms with E-state index in [-0.39, 0.29) is 16.1 Å². The maximum atomic E-state index is 13.2. The number of hydrogen-bond acceptors (Lipinski definition) is 2. The highest BCUT2D eigenvalue weighted by Crippen LogP contribution is 2.22. The van der Waals surface area contributed by atoms with E-state index >= 15 is 0 Å². The summed E-state index contributed by atoms with van der Waals surface area (Å²) in [6.45, 7) is 0. The quantitative estimate of drug-likeness (QED) is 0.714. The van der Waals surface area contributed by atoms with E-state index < -0.39 is 5.82 Å². The Morgan fingerprint density at radius 2 is 2.38 bits per heavy atom. The maximum absolute atomic E-state index is 13.2. The Kier molecular flexibility index (Phi) is 1.77. The number of pyridine rings is 1. The molecule has 0 aliphatic heterocycles. The van der Waals surface area contributed by atoms with Crippen molar-refractivity contribution in [3.63, 3.8) is 0 Å². The van der Waals surface area contributed by atoms with E-state index in [2.05, 4.69) is 9.97 Å². The average Bonchev–Trinajstić information content (AvgIpc) is 2.55. The summed E-state index contributed by atoms with van der Waals surface area (Å²) in [6, 6.07) is 1.37. The molecule has 2 aromatic heterocycles. The highest BCUT2D eigenvalue weighted by atomic mass is 35.5. The first kappa shape index (κ1) is 8.19. The molecule has 13 heavy (non-hydrogen) atoms. The lowest BCUT2D eigenvalue weighted by Crippen LogP contribution is -1.82. The van der Waals surface area contributed by atoms with Crippen LogP contribution in [0.5, 0.6) is 0 Å². The fraction of sp³-hybridized carbons (Fsp3) is 0. The molecule has 0 radical (unpaired) electrons. The number of aldehydes is 1. The third-order valence-electron chi connectivity index (χ3n) is 1.70. The van der Waals surface area contributed by atoms with Gasteiger partial charge in [0.2, 0.25) is 0 Å². The molecule has 2 aromatic rings. The van der Waals surface area contributed by atoms with Crippen molar-refractivity contribution in [3.8, 4) is 0 Å². The summed E-state index contributed by atoms with van der Waals surface area (Å²) in [5.41, 5.74) is 0.604. The summed E-state index contributed by atoms with van der Waals surface area (Å²) in [6.07, 6.45) is 1.79. The first-order chi connectivity index (χ1) is 6.22. The van der Waals surface area contributed by atoms with Crippen molar-refractivity contribution in [2.45, 2.75) is 0 Å². The second-order valence-corrected chi connectivity index (χ2v) is 2.93. The molecule has 1 N–H and O–H groups in total. The van der Waals surface area contributed by atoms with Crippen LogP contribution in [-0.4, -0.2) is 16.3 Å². The van der Waals surface area contributed by atoms with Gasteiger partial charge in [-0.2, -0.15) is 0 Å². The van der Waals surface area contributed by atoms with E-state index in [9.17, 15) is 9.18 Å². The SMILES string of the molecule is O=Cc1cc2c(F)c(Cl)cnc2[nH]1. The Balaban J connectivity index is 2.83. The highest BCUT2D eigenvalue weighted by Gasteiger charge is 2.09. The van der Waals surface area contributed by atoms with Crippen LogP contribution >= 0.6 is 11.6 Å². The predicted molar refractivity (Wildman–Crippen MR) is 46.4 cm³/mol. The molecule has 2 heterocycles. The fourth-order valence-electron chi connectivity index (χ4n) is 1.10. The average molecular weight is 199 g/mol. The zero-order chi connectivity index (χ0) is 9.42. The monoisotopic (exact) mass is 198 g/mol.